The topological polar surface area (TPSA) is 60.9 Å². The molecule has 1 saturated carbocycles. The number of amides is 1. The maximum atomic E-state index is 13.4. The fraction of sp³-hybridized carbons (Fsp3) is 0.618. The van der Waals surface area contributed by atoms with E-state index in [2.05, 4.69) is 35.2 Å². The Morgan fingerprint density at radius 2 is 1.61 bits per heavy atom. The average Bonchev–Trinajstić information content (AvgIpc) is 3.58. The lowest BCUT2D eigenvalue weighted by atomic mass is 9.70. The Kier molecular flexibility index (Phi) is 10.4. The van der Waals surface area contributed by atoms with Crippen molar-refractivity contribution in [3.8, 4) is 0 Å². The fourth-order valence-electron chi connectivity index (χ4n) is 7.69. The third-order valence-corrected chi connectivity index (χ3v) is 12.2. The van der Waals surface area contributed by atoms with Gasteiger partial charge in [0.1, 0.15) is 0 Å². The Bertz CT molecular complexity index is 1350. The number of sulfonamides is 1. The molecular formula is C34H46F3N3O3S. The summed E-state index contributed by atoms with van der Waals surface area (Å²) in [5.74, 6) is 0.506. The number of piperidine rings is 1. The largest absolute Gasteiger partial charge is 0.416 e. The molecule has 2 aromatic rings. The van der Waals surface area contributed by atoms with Crippen molar-refractivity contribution in [3.63, 3.8) is 0 Å². The number of likely N-dealkylation sites (tertiary alicyclic amines) is 1. The molecule has 10 heteroatoms. The molecule has 6 nitrogen and oxygen atoms in total. The van der Waals surface area contributed by atoms with Gasteiger partial charge in [-0.1, -0.05) is 42.8 Å². The van der Waals surface area contributed by atoms with Gasteiger partial charge in [0.25, 0.3) is 0 Å². The molecule has 2 heterocycles. The quantitative estimate of drug-likeness (QED) is 0.281. The van der Waals surface area contributed by atoms with E-state index >= 15 is 0 Å². The average molecular weight is 634 g/mol. The van der Waals surface area contributed by atoms with Crippen molar-refractivity contribution in [2.75, 3.05) is 33.2 Å². The van der Waals surface area contributed by atoms with Gasteiger partial charge in [-0.15, -0.1) is 0 Å². The number of alkyl halides is 3. The summed E-state index contributed by atoms with van der Waals surface area (Å²) >= 11 is 0. The Balaban J connectivity index is 1.13. The van der Waals surface area contributed by atoms with E-state index in [1.807, 2.05) is 0 Å². The van der Waals surface area contributed by atoms with Crippen molar-refractivity contribution in [2.24, 2.45) is 5.92 Å². The third-order valence-electron chi connectivity index (χ3n) is 10.2. The van der Waals surface area contributed by atoms with Gasteiger partial charge in [0, 0.05) is 38.1 Å². The minimum Gasteiger partial charge on any atom is -0.346 e. The summed E-state index contributed by atoms with van der Waals surface area (Å²) in [5.41, 5.74) is 0.585. The van der Waals surface area contributed by atoms with Crippen LogP contribution in [-0.2, 0) is 26.5 Å². The van der Waals surface area contributed by atoms with E-state index in [0.29, 0.717) is 31.4 Å². The number of hydrogen-bond acceptors (Lipinski definition) is 4. The van der Waals surface area contributed by atoms with Crippen LogP contribution >= 0.6 is 0 Å². The number of benzene rings is 2. The van der Waals surface area contributed by atoms with Gasteiger partial charge < -0.3 is 4.90 Å². The van der Waals surface area contributed by atoms with E-state index in [9.17, 15) is 26.4 Å². The Morgan fingerprint density at radius 3 is 2.30 bits per heavy atom. The molecule has 242 valence electrons. The highest BCUT2D eigenvalue weighted by Crippen LogP contribution is 2.46. The summed E-state index contributed by atoms with van der Waals surface area (Å²) in [5, 5.41) is 0. The van der Waals surface area contributed by atoms with Crippen molar-refractivity contribution in [3.05, 3.63) is 65.7 Å². The predicted molar refractivity (Wildman–Crippen MR) is 165 cm³/mol. The highest BCUT2D eigenvalue weighted by atomic mass is 32.2. The molecule has 3 fully saturated rings. The van der Waals surface area contributed by atoms with Crippen molar-refractivity contribution in [1.29, 1.82) is 0 Å². The van der Waals surface area contributed by atoms with Crippen molar-refractivity contribution in [2.45, 2.75) is 99.7 Å². The predicted octanol–water partition coefficient (Wildman–Crippen LogP) is 7.06. The van der Waals surface area contributed by atoms with Crippen LogP contribution in [0.15, 0.2) is 59.5 Å². The molecule has 2 aliphatic heterocycles. The summed E-state index contributed by atoms with van der Waals surface area (Å²) in [7, 11) is -2.40. The number of hydrogen-bond donors (Lipinski definition) is 0. The Morgan fingerprint density at radius 1 is 0.932 bits per heavy atom. The molecule has 1 amide bonds. The summed E-state index contributed by atoms with van der Waals surface area (Å²) in [6.45, 7) is 3.15. The number of rotatable bonds is 10. The molecular weight excluding hydrogens is 587 g/mol. The maximum Gasteiger partial charge on any atom is 0.416 e. The highest BCUT2D eigenvalue weighted by Gasteiger charge is 2.42. The molecule has 1 atom stereocenters. The van der Waals surface area contributed by atoms with Gasteiger partial charge in [0.05, 0.1) is 10.5 Å². The minimum absolute atomic E-state index is 0.0353. The van der Waals surface area contributed by atoms with Gasteiger partial charge in [-0.2, -0.15) is 17.5 Å². The normalized spacial score (nSPS) is 25.6. The van der Waals surface area contributed by atoms with E-state index in [4.69, 9.17) is 0 Å². The number of halogens is 3. The van der Waals surface area contributed by atoms with Gasteiger partial charge in [-0.05, 0) is 107 Å². The van der Waals surface area contributed by atoms with Crippen LogP contribution in [0.3, 0.4) is 0 Å². The molecule has 44 heavy (non-hydrogen) atoms. The summed E-state index contributed by atoms with van der Waals surface area (Å²) in [6.07, 6.45) is 6.47. The zero-order chi connectivity index (χ0) is 31.4. The summed E-state index contributed by atoms with van der Waals surface area (Å²) in [4.78, 5) is 17.3. The molecule has 0 radical (unpaired) electrons. The van der Waals surface area contributed by atoms with Gasteiger partial charge in [-0.3, -0.25) is 9.69 Å². The van der Waals surface area contributed by atoms with Crippen LogP contribution in [-0.4, -0.2) is 67.7 Å². The molecule has 5 rings (SSSR count). The van der Waals surface area contributed by atoms with Crippen molar-refractivity contribution >= 4 is 15.9 Å². The van der Waals surface area contributed by atoms with Gasteiger partial charge in [0.2, 0.25) is 15.9 Å². The summed E-state index contributed by atoms with van der Waals surface area (Å²) < 4.78 is 67.9. The van der Waals surface area contributed by atoms with E-state index in [1.165, 1.54) is 54.7 Å². The molecule has 0 aromatic heterocycles. The number of carbonyl (C=O) groups excluding carboxylic acids is 1. The van der Waals surface area contributed by atoms with E-state index in [-0.39, 0.29) is 29.3 Å². The van der Waals surface area contributed by atoms with Crippen LogP contribution in [0, 0.1) is 5.92 Å². The Hall–Kier alpha value is -2.43. The first-order valence-electron chi connectivity index (χ1n) is 16.2. The number of carbonyl (C=O) groups is 1. The van der Waals surface area contributed by atoms with Crippen LogP contribution in [0.2, 0.25) is 0 Å². The van der Waals surface area contributed by atoms with Crippen LogP contribution in [0.5, 0.6) is 0 Å². The molecule has 3 aliphatic rings. The molecule has 1 aliphatic carbocycles. The minimum atomic E-state index is -4.64. The standard InChI is InChI=1S/C34H46F3N3O3S/c1-38(21-10-11-27-17-19-33(20-18-27,39-22-7-8-23-39)28-12-3-2-4-13-28)32(41)26-30-15-5-6-24-40(30)44(42,43)31-16-9-14-29(25-31)34(35,36)37/h2-4,9,12-14,16,25,27,30H,5-8,10-11,15,17-24,26H2,1H3. The smallest absolute Gasteiger partial charge is 0.346 e. The van der Waals surface area contributed by atoms with E-state index in [1.54, 1.807) is 11.9 Å². The molecule has 2 aromatic carbocycles. The third kappa shape index (κ3) is 7.34. The van der Waals surface area contributed by atoms with Gasteiger partial charge in [0.15, 0.2) is 0 Å². The summed E-state index contributed by atoms with van der Waals surface area (Å²) in [6, 6.07) is 14.3. The fourth-order valence-corrected chi connectivity index (χ4v) is 9.43. The monoisotopic (exact) mass is 633 g/mol. The SMILES string of the molecule is CN(CCCC1CCC(c2ccccc2)(N2CCCC2)CC1)C(=O)CC1CCCCN1S(=O)(=O)c1cccc(C(F)(F)F)c1. The molecule has 0 bridgehead atoms. The second-order valence-corrected chi connectivity index (χ2v) is 14.9. The lowest BCUT2D eigenvalue weighted by molar-refractivity contribution is -0.137. The lowest BCUT2D eigenvalue weighted by Crippen LogP contribution is -2.47. The van der Waals surface area contributed by atoms with Gasteiger partial charge >= 0.3 is 6.18 Å². The van der Waals surface area contributed by atoms with Crippen LogP contribution in [0.4, 0.5) is 13.2 Å². The molecule has 1 unspecified atom stereocenters. The molecule has 0 spiro atoms. The van der Waals surface area contributed by atoms with E-state index in [0.717, 1.165) is 44.2 Å². The van der Waals surface area contributed by atoms with Crippen LogP contribution in [0.1, 0.15) is 88.2 Å². The second-order valence-electron chi connectivity index (χ2n) is 13.0. The van der Waals surface area contributed by atoms with Crippen LogP contribution < -0.4 is 0 Å². The first-order chi connectivity index (χ1) is 21.0. The van der Waals surface area contributed by atoms with Crippen molar-refractivity contribution in [1.82, 2.24) is 14.1 Å². The number of nitrogens with zero attached hydrogens (tertiary/aromatic N) is 3. The van der Waals surface area contributed by atoms with E-state index < -0.39 is 27.8 Å². The lowest BCUT2D eigenvalue weighted by Gasteiger charge is -2.47. The Labute approximate surface area is 260 Å². The van der Waals surface area contributed by atoms with Gasteiger partial charge in [-0.25, -0.2) is 8.42 Å². The molecule has 0 N–H and O–H groups in total. The highest BCUT2D eigenvalue weighted by molar-refractivity contribution is 7.89. The van der Waals surface area contributed by atoms with Crippen molar-refractivity contribution < 1.29 is 26.4 Å². The zero-order valence-electron chi connectivity index (χ0n) is 25.8. The zero-order valence-corrected chi connectivity index (χ0v) is 26.6. The first kappa shape index (κ1) is 32.9. The second kappa shape index (κ2) is 13.9. The maximum absolute atomic E-state index is 13.4. The van der Waals surface area contributed by atoms with Crippen LogP contribution in [0.25, 0.3) is 0 Å². The first-order valence-corrected chi connectivity index (χ1v) is 17.7. The molecule has 2 saturated heterocycles.